The van der Waals surface area contributed by atoms with E-state index in [1.807, 2.05) is 0 Å². The predicted molar refractivity (Wildman–Crippen MR) is 49.3 cm³/mol. The van der Waals surface area contributed by atoms with Gasteiger partial charge in [0.05, 0.1) is 0 Å². The van der Waals surface area contributed by atoms with Crippen molar-refractivity contribution >= 4 is 23.9 Å². The van der Waals surface area contributed by atoms with Crippen LogP contribution in [0.1, 0.15) is 6.92 Å². The molecule has 0 saturated heterocycles. The Kier molecular flexibility index (Phi) is 14.1. The highest BCUT2D eigenvalue weighted by molar-refractivity contribution is 6.27. The Morgan fingerprint density at radius 1 is 0.941 bits per heavy atom. The number of hydrogen-bond donors (Lipinski definition) is 6. The van der Waals surface area contributed by atoms with Gasteiger partial charge in [-0.1, -0.05) is 0 Å². The monoisotopic (exact) mass is 256 g/mol. The first-order valence-corrected chi connectivity index (χ1v) is 3.75. The number of carboxylic acids is 4. The zero-order valence-corrected chi connectivity index (χ0v) is 8.60. The summed E-state index contributed by atoms with van der Waals surface area (Å²) in [6.45, 7) is 0.419. The maximum atomic E-state index is 9.45. The molecule has 0 radical (unpaired) electrons. The fraction of sp³-hybridized carbons (Fsp3) is 0.429. The molecule has 0 amide bonds. The molecule has 1 atom stereocenters. The molecule has 0 aromatic heterocycles. The van der Waals surface area contributed by atoms with Crippen molar-refractivity contribution in [2.75, 3.05) is 6.61 Å². The molecule has 17 heavy (non-hydrogen) atoms. The molecule has 0 aromatic carbocycles. The molecular formula is C7H12O10. The van der Waals surface area contributed by atoms with Gasteiger partial charge in [0.1, 0.15) is 12.7 Å². The molecule has 0 aliphatic rings. The average molecular weight is 256 g/mol. The predicted octanol–water partition coefficient (Wildman–Crippen LogP) is -2.33. The van der Waals surface area contributed by atoms with E-state index in [1.54, 1.807) is 0 Å². The molecule has 10 heteroatoms. The van der Waals surface area contributed by atoms with Gasteiger partial charge in [0, 0.05) is 0 Å². The van der Waals surface area contributed by atoms with Crippen LogP contribution in [-0.2, 0) is 19.2 Å². The van der Waals surface area contributed by atoms with Crippen LogP contribution in [0, 0.1) is 0 Å². The van der Waals surface area contributed by atoms with E-state index >= 15 is 0 Å². The molecule has 10 nitrogen and oxygen atoms in total. The van der Waals surface area contributed by atoms with Crippen molar-refractivity contribution in [2.45, 2.75) is 13.0 Å². The molecule has 0 aliphatic heterocycles. The third-order valence-corrected chi connectivity index (χ3v) is 0.676. The maximum Gasteiger partial charge on any atom is 0.414 e. The average Bonchev–Trinajstić information content (AvgIpc) is 2.19. The van der Waals surface area contributed by atoms with Gasteiger partial charge in [-0.25, -0.2) is 19.2 Å². The SMILES string of the molecule is C[C@H](O)C(=O)O.O=C(O)C(=O)O.O=C(O)CO. The van der Waals surface area contributed by atoms with E-state index in [0.29, 0.717) is 0 Å². The zero-order valence-electron chi connectivity index (χ0n) is 8.60. The fourth-order valence-corrected chi connectivity index (χ4v) is 0. The minimum atomic E-state index is -1.82. The van der Waals surface area contributed by atoms with Crippen molar-refractivity contribution in [3.05, 3.63) is 0 Å². The molecule has 0 spiro atoms. The number of rotatable bonds is 2. The van der Waals surface area contributed by atoms with E-state index in [0.717, 1.165) is 0 Å². The van der Waals surface area contributed by atoms with Crippen LogP contribution in [0.25, 0.3) is 0 Å². The lowest BCUT2D eigenvalue weighted by Gasteiger charge is -1.89. The van der Waals surface area contributed by atoms with Crippen molar-refractivity contribution in [3.63, 3.8) is 0 Å². The Labute approximate surface area is 94.4 Å². The van der Waals surface area contributed by atoms with Crippen molar-refractivity contribution in [3.8, 4) is 0 Å². The molecule has 100 valence electrons. The maximum absolute atomic E-state index is 9.45. The molecule has 6 N–H and O–H groups in total. The summed E-state index contributed by atoms with van der Waals surface area (Å²) < 4.78 is 0. The van der Waals surface area contributed by atoms with Crippen LogP contribution in [0.3, 0.4) is 0 Å². The number of aliphatic hydroxyl groups excluding tert-OH is 2. The van der Waals surface area contributed by atoms with E-state index < -0.39 is 36.6 Å². The second kappa shape index (κ2) is 11.9. The number of hydrogen-bond acceptors (Lipinski definition) is 6. The first-order valence-electron chi connectivity index (χ1n) is 3.75. The van der Waals surface area contributed by atoms with Gasteiger partial charge in [-0.2, -0.15) is 0 Å². The highest BCUT2D eigenvalue weighted by Gasteiger charge is 2.04. The Morgan fingerprint density at radius 2 is 1.12 bits per heavy atom. The van der Waals surface area contributed by atoms with Gasteiger partial charge in [-0.3, -0.25) is 0 Å². The van der Waals surface area contributed by atoms with Crippen molar-refractivity contribution in [2.24, 2.45) is 0 Å². The lowest BCUT2D eigenvalue weighted by atomic mass is 10.4. The van der Waals surface area contributed by atoms with Gasteiger partial charge >= 0.3 is 23.9 Å². The van der Waals surface area contributed by atoms with E-state index in [-0.39, 0.29) is 0 Å². The zero-order chi connectivity index (χ0) is 14.6. The van der Waals surface area contributed by atoms with E-state index in [4.69, 9.17) is 45.0 Å². The summed E-state index contributed by atoms with van der Waals surface area (Å²) in [7, 11) is 0. The molecule has 0 aromatic rings. The number of aliphatic carboxylic acids is 4. The summed E-state index contributed by atoms with van der Waals surface area (Å²) in [6.07, 6.45) is -1.23. The summed E-state index contributed by atoms with van der Waals surface area (Å²) in [4.78, 5) is 36.8. The van der Waals surface area contributed by atoms with E-state index in [2.05, 4.69) is 0 Å². The summed E-state index contributed by atoms with van der Waals surface area (Å²) in [5.74, 6) is -6.02. The smallest absolute Gasteiger partial charge is 0.414 e. The molecule has 0 aliphatic carbocycles. The molecule has 0 fully saturated rings. The quantitative estimate of drug-likeness (QED) is 0.292. The standard InChI is InChI=1S/C3H6O3.C2H2O4.C2H4O3/c1-2(4)3(5)6;3-1(4)2(5)6;3-1-2(4)5/h2,4H,1H3,(H,5,6);(H,3,4)(H,5,6);3H,1H2,(H,4,5)/t2-;;/m0../s1. The Morgan fingerprint density at radius 3 is 1.12 bits per heavy atom. The molecule has 0 bridgehead atoms. The summed E-state index contributed by atoms with van der Waals surface area (Å²) >= 11 is 0. The first kappa shape index (κ1) is 20.2. The van der Waals surface area contributed by atoms with Crippen LogP contribution in [0.2, 0.25) is 0 Å². The van der Waals surface area contributed by atoms with Crippen molar-refractivity contribution in [1.29, 1.82) is 0 Å². The van der Waals surface area contributed by atoms with Crippen LogP contribution in [-0.4, -0.2) is 67.2 Å². The van der Waals surface area contributed by atoms with Gasteiger partial charge < -0.3 is 30.6 Å². The van der Waals surface area contributed by atoms with E-state index in [9.17, 15) is 4.79 Å². The summed E-state index contributed by atoms with van der Waals surface area (Å²) in [5.41, 5.74) is 0. The third kappa shape index (κ3) is 31.6. The molecule has 0 heterocycles. The van der Waals surface area contributed by atoms with Crippen LogP contribution >= 0.6 is 0 Å². The van der Waals surface area contributed by atoms with Crippen molar-refractivity contribution < 1.29 is 49.8 Å². The molecule has 0 unspecified atom stereocenters. The lowest BCUT2D eigenvalue weighted by Crippen LogP contribution is -2.13. The third-order valence-electron chi connectivity index (χ3n) is 0.676. The minimum absolute atomic E-state index is 0.778. The van der Waals surface area contributed by atoms with Gasteiger partial charge in [0.25, 0.3) is 0 Å². The Bertz CT molecular complexity index is 256. The highest BCUT2D eigenvalue weighted by Crippen LogP contribution is 1.73. The largest absolute Gasteiger partial charge is 0.480 e. The topological polar surface area (TPSA) is 190 Å². The minimum Gasteiger partial charge on any atom is -0.480 e. The number of carboxylic acid groups (broad SMARTS) is 4. The van der Waals surface area contributed by atoms with Crippen LogP contribution < -0.4 is 0 Å². The first-order chi connectivity index (χ1) is 7.56. The fourth-order valence-electron chi connectivity index (χ4n) is 0. The normalized spacial score (nSPS) is 9.59. The Hall–Kier alpha value is -2.20. The molecule has 0 rings (SSSR count). The Balaban J connectivity index is -0.000000174. The van der Waals surface area contributed by atoms with Gasteiger partial charge in [0.15, 0.2) is 0 Å². The lowest BCUT2D eigenvalue weighted by molar-refractivity contribution is -0.159. The second-order valence-electron chi connectivity index (χ2n) is 2.18. The van der Waals surface area contributed by atoms with Crippen LogP contribution in [0.15, 0.2) is 0 Å². The van der Waals surface area contributed by atoms with Crippen LogP contribution in [0.4, 0.5) is 0 Å². The number of aliphatic hydroxyl groups is 2. The summed E-state index contributed by atoms with van der Waals surface area (Å²) in [6, 6.07) is 0. The second-order valence-corrected chi connectivity index (χ2v) is 2.18. The van der Waals surface area contributed by atoms with E-state index in [1.165, 1.54) is 6.92 Å². The van der Waals surface area contributed by atoms with Gasteiger partial charge in [-0.15, -0.1) is 0 Å². The number of carbonyl (C=O) groups is 4. The molecule has 0 saturated carbocycles. The van der Waals surface area contributed by atoms with Gasteiger partial charge in [0.2, 0.25) is 0 Å². The van der Waals surface area contributed by atoms with Crippen molar-refractivity contribution in [1.82, 2.24) is 0 Å². The summed E-state index contributed by atoms with van der Waals surface area (Å²) in [5, 5.41) is 45.6. The van der Waals surface area contributed by atoms with Crippen LogP contribution in [0.5, 0.6) is 0 Å². The van der Waals surface area contributed by atoms with Gasteiger partial charge in [-0.05, 0) is 6.92 Å². The highest BCUT2D eigenvalue weighted by atomic mass is 16.4. The molecular weight excluding hydrogens is 244 g/mol.